The number of nitrogens with one attached hydrogen (secondary N) is 2. The molecule has 3 aliphatic heterocycles. The van der Waals surface area contributed by atoms with Gasteiger partial charge < -0.3 is 35.4 Å². The molecule has 1 amide bonds. The zero-order valence-corrected chi connectivity index (χ0v) is 22.0. The number of thioether (sulfide) groups is 1. The highest BCUT2D eigenvalue weighted by atomic mass is 35.5. The molecule has 1 aromatic carbocycles. The fourth-order valence-corrected chi connectivity index (χ4v) is 6.54. The standard InChI is InChI=1S/C25H36ClFN2O6S/c1-12(26)19(18-10-17(30)21(31)22(32)25(35-18)36-2)29-24(33)20-23-15(11-28-20)8-14(6-7-34-23)13-4-3-5-16(27)9-13/h3-5,9,12,14-15,17-23,25,28,30-32H,6-8,10-11H2,1-2H3,(H,29,33)/t12-,14-,15-,17?,18?,19+,20-,21?,22+,23+,25?/m0/s1. The summed E-state index contributed by atoms with van der Waals surface area (Å²) in [6.45, 7) is 2.79. The predicted octanol–water partition coefficient (Wildman–Crippen LogP) is 1.35. The van der Waals surface area contributed by atoms with Crippen molar-refractivity contribution in [3.63, 3.8) is 0 Å². The van der Waals surface area contributed by atoms with Gasteiger partial charge in [0.2, 0.25) is 5.91 Å². The van der Waals surface area contributed by atoms with Gasteiger partial charge in [0, 0.05) is 25.5 Å². The van der Waals surface area contributed by atoms with Gasteiger partial charge in [0.25, 0.3) is 0 Å². The fraction of sp³-hybridized carbons (Fsp3) is 0.720. The van der Waals surface area contributed by atoms with E-state index in [1.165, 1.54) is 17.8 Å². The highest BCUT2D eigenvalue weighted by molar-refractivity contribution is 7.99. The Bertz CT molecular complexity index is 900. The molecule has 36 heavy (non-hydrogen) atoms. The van der Waals surface area contributed by atoms with Gasteiger partial charge in [-0.05, 0) is 49.6 Å². The first-order chi connectivity index (χ1) is 17.2. The van der Waals surface area contributed by atoms with Crippen LogP contribution in [0.15, 0.2) is 24.3 Å². The highest BCUT2D eigenvalue weighted by Gasteiger charge is 2.46. The zero-order chi connectivity index (χ0) is 26.0. The maximum Gasteiger partial charge on any atom is 0.240 e. The smallest absolute Gasteiger partial charge is 0.240 e. The molecule has 0 saturated carbocycles. The van der Waals surface area contributed by atoms with Crippen LogP contribution >= 0.6 is 23.4 Å². The number of ether oxygens (including phenoxy) is 2. The lowest BCUT2D eigenvalue weighted by atomic mass is 9.85. The average Bonchev–Trinajstić information content (AvgIpc) is 3.07. The summed E-state index contributed by atoms with van der Waals surface area (Å²) in [7, 11) is 0. The SMILES string of the molecule is CSC1OC([C@H](NC(=O)[C@H]2NC[C@@H]3C[C@@H](c4cccc(F)c4)CCO[C@H]32)[C@H](C)Cl)CC(O)C(O)[C@H]1O. The number of rotatable bonds is 6. The lowest BCUT2D eigenvalue weighted by Gasteiger charge is -2.33. The van der Waals surface area contributed by atoms with Crippen LogP contribution in [0, 0.1) is 11.7 Å². The molecule has 3 aliphatic rings. The summed E-state index contributed by atoms with van der Waals surface area (Å²) in [6, 6.07) is 5.39. The number of carbonyl (C=O) groups is 1. The number of amides is 1. The molecule has 8 nitrogen and oxygen atoms in total. The van der Waals surface area contributed by atoms with Crippen LogP contribution in [0.2, 0.25) is 0 Å². The second kappa shape index (κ2) is 12.3. The van der Waals surface area contributed by atoms with Crippen molar-refractivity contribution in [2.75, 3.05) is 19.4 Å². The van der Waals surface area contributed by atoms with Crippen LogP contribution in [-0.2, 0) is 14.3 Å². The molecule has 202 valence electrons. The van der Waals surface area contributed by atoms with Crippen molar-refractivity contribution in [3.05, 3.63) is 35.6 Å². The van der Waals surface area contributed by atoms with Gasteiger partial charge in [0.05, 0.1) is 29.7 Å². The van der Waals surface area contributed by atoms with Crippen molar-refractivity contribution >= 4 is 29.3 Å². The molecule has 0 aromatic heterocycles. The molecule has 0 aliphatic carbocycles. The lowest BCUT2D eigenvalue weighted by molar-refractivity contribution is -0.128. The van der Waals surface area contributed by atoms with E-state index < -0.39 is 47.3 Å². The van der Waals surface area contributed by atoms with Gasteiger partial charge in [-0.2, -0.15) is 0 Å². The number of benzene rings is 1. The van der Waals surface area contributed by atoms with Crippen molar-refractivity contribution < 1.29 is 34.0 Å². The molecule has 3 saturated heterocycles. The monoisotopic (exact) mass is 546 g/mol. The third kappa shape index (κ3) is 6.18. The number of carbonyl (C=O) groups excluding carboxylic acids is 1. The average molecular weight is 547 g/mol. The Labute approximate surface area is 220 Å². The van der Waals surface area contributed by atoms with E-state index in [0.29, 0.717) is 13.2 Å². The van der Waals surface area contributed by atoms with Crippen molar-refractivity contribution in [1.29, 1.82) is 0 Å². The van der Waals surface area contributed by atoms with E-state index in [-0.39, 0.29) is 36.1 Å². The van der Waals surface area contributed by atoms with Crippen molar-refractivity contribution in [2.24, 2.45) is 5.92 Å². The summed E-state index contributed by atoms with van der Waals surface area (Å²) >= 11 is 7.68. The van der Waals surface area contributed by atoms with E-state index in [4.69, 9.17) is 21.1 Å². The third-order valence-corrected chi connectivity index (χ3v) is 8.73. The van der Waals surface area contributed by atoms with Gasteiger partial charge in [-0.15, -0.1) is 23.4 Å². The Morgan fingerprint density at radius 3 is 2.75 bits per heavy atom. The number of alkyl halides is 1. The molecule has 5 N–H and O–H groups in total. The van der Waals surface area contributed by atoms with E-state index in [9.17, 15) is 24.5 Å². The van der Waals surface area contributed by atoms with E-state index in [1.807, 2.05) is 6.07 Å². The first-order valence-electron chi connectivity index (χ1n) is 12.5. The Kier molecular flexibility index (Phi) is 9.54. The summed E-state index contributed by atoms with van der Waals surface area (Å²) in [4.78, 5) is 13.4. The van der Waals surface area contributed by atoms with Crippen LogP contribution in [0.25, 0.3) is 0 Å². The van der Waals surface area contributed by atoms with Crippen molar-refractivity contribution in [2.45, 2.75) is 85.5 Å². The Morgan fingerprint density at radius 2 is 2.06 bits per heavy atom. The largest absolute Gasteiger partial charge is 0.390 e. The second-order valence-corrected chi connectivity index (χ2v) is 11.7. The van der Waals surface area contributed by atoms with Gasteiger partial charge in [0.15, 0.2) is 0 Å². The molecule has 0 bridgehead atoms. The van der Waals surface area contributed by atoms with Gasteiger partial charge in [-0.1, -0.05) is 12.1 Å². The summed E-state index contributed by atoms with van der Waals surface area (Å²) in [5.74, 6) is -0.303. The van der Waals surface area contributed by atoms with Crippen molar-refractivity contribution in [1.82, 2.24) is 10.6 Å². The predicted molar refractivity (Wildman–Crippen MR) is 135 cm³/mol. The molecule has 1 aromatic rings. The van der Waals surface area contributed by atoms with Crippen LogP contribution in [0.3, 0.4) is 0 Å². The molecule has 0 spiro atoms. The number of hydrogen-bond donors (Lipinski definition) is 5. The summed E-state index contributed by atoms with van der Waals surface area (Å²) in [5, 5.41) is 36.7. The van der Waals surface area contributed by atoms with Crippen LogP contribution in [0.4, 0.5) is 4.39 Å². The molecule has 3 fully saturated rings. The molecular formula is C25H36ClFN2O6S. The minimum Gasteiger partial charge on any atom is -0.390 e. The third-order valence-electron chi connectivity index (χ3n) is 7.60. The maximum atomic E-state index is 13.8. The van der Waals surface area contributed by atoms with Crippen LogP contribution in [0.1, 0.15) is 37.7 Å². The van der Waals surface area contributed by atoms with Gasteiger partial charge >= 0.3 is 0 Å². The molecular weight excluding hydrogens is 511 g/mol. The first kappa shape index (κ1) is 28.0. The normalized spacial score (nSPS) is 38.9. The Balaban J connectivity index is 1.44. The Morgan fingerprint density at radius 1 is 1.28 bits per heavy atom. The van der Waals surface area contributed by atoms with Gasteiger partial charge in [-0.25, -0.2) is 4.39 Å². The van der Waals surface area contributed by atoms with E-state index in [2.05, 4.69) is 10.6 Å². The van der Waals surface area contributed by atoms with Gasteiger partial charge in [0.1, 0.15) is 29.5 Å². The molecule has 4 rings (SSSR count). The Hall–Kier alpha value is -0.980. The number of halogens is 2. The minimum absolute atomic E-state index is 0.00720. The quantitative estimate of drug-likeness (QED) is 0.339. The minimum atomic E-state index is -1.36. The summed E-state index contributed by atoms with van der Waals surface area (Å²) in [6.07, 6.45) is -1.64. The molecule has 11 heteroatoms. The van der Waals surface area contributed by atoms with Gasteiger partial charge in [-0.3, -0.25) is 4.79 Å². The molecule has 3 heterocycles. The maximum absolute atomic E-state index is 13.8. The second-order valence-electron chi connectivity index (χ2n) is 10.0. The van der Waals surface area contributed by atoms with E-state index in [0.717, 1.165) is 18.4 Å². The molecule has 11 atom stereocenters. The summed E-state index contributed by atoms with van der Waals surface area (Å²) < 4.78 is 25.9. The number of aliphatic hydroxyl groups excluding tert-OH is 3. The first-order valence-corrected chi connectivity index (χ1v) is 14.2. The zero-order valence-electron chi connectivity index (χ0n) is 20.4. The van der Waals surface area contributed by atoms with Crippen LogP contribution in [-0.4, -0.2) is 94.1 Å². The highest BCUT2D eigenvalue weighted by Crippen LogP contribution is 2.36. The van der Waals surface area contributed by atoms with Crippen LogP contribution < -0.4 is 10.6 Å². The number of aliphatic hydroxyl groups is 3. The number of fused-ring (bicyclic) bond motifs is 1. The van der Waals surface area contributed by atoms with E-state index in [1.54, 1.807) is 25.3 Å². The fourth-order valence-electron chi connectivity index (χ4n) is 5.63. The number of hydrogen-bond acceptors (Lipinski definition) is 8. The topological polar surface area (TPSA) is 120 Å². The summed E-state index contributed by atoms with van der Waals surface area (Å²) in [5.41, 5.74) is 0.163. The molecule has 4 unspecified atom stereocenters. The van der Waals surface area contributed by atoms with E-state index >= 15 is 0 Å². The van der Waals surface area contributed by atoms with Crippen molar-refractivity contribution in [3.8, 4) is 0 Å². The molecule has 0 radical (unpaired) electrons. The lowest BCUT2D eigenvalue weighted by Crippen LogP contribution is -2.56. The van der Waals surface area contributed by atoms with Crippen LogP contribution in [0.5, 0.6) is 0 Å².